The van der Waals surface area contributed by atoms with E-state index in [1.165, 1.54) is 43.8 Å². The van der Waals surface area contributed by atoms with Gasteiger partial charge in [-0.2, -0.15) is 22.7 Å². The summed E-state index contributed by atoms with van der Waals surface area (Å²) in [6.45, 7) is 6.04. The molecule has 3 fully saturated rings. The van der Waals surface area contributed by atoms with Crippen LogP contribution in [-0.4, -0.2) is 138 Å². The molecule has 0 bridgehead atoms. The number of halogens is 1. The number of hydrogen-bond acceptors (Lipinski definition) is 19. The maximum Gasteiger partial charge on any atom is 0.338 e. The van der Waals surface area contributed by atoms with Crippen LogP contribution in [0.3, 0.4) is 0 Å². The fraction of sp³-hybridized carbons (Fsp3) is 0.267. The van der Waals surface area contributed by atoms with E-state index in [2.05, 4.69) is 29.9 Å². The van der Waals surface area contributed by atoms with Gasteiger partial charge in [-0.15, -0.1) is 0 Å². The highest BCUT2D eigenvalue weighted by atomic mass is 35.5. The number of aromatic amines is 3. The van der Waals surface area contributed by atoms with Crippen molar-refractivity contribution in [3.8, 4) is 39.9 Å². The summed E-state index contributed by atoms with van der Waals surface area (Å²) >= 11 is 9.43. The number of methoxy groups -OCH3 is 2. The van der Waals surface area contributed by atoms with Gasteiger partial charge in [0.25, 0.3) is 11.8 Å². The monoisotopic (exact) mass is 1440 g/mol. The van der Waals surface area contributed by atoms with Gasteiger partial charge in [0.15, 0.2) is 0 Å². The molecule has 17 rings (SSSR count). The summed E-state index contributed by atoms with van der Waals surface area (Å²) in [5, 5.41) is 10.9. The van der Waals surface area contributed by atoms with Gasteiger partial charge in [-0.1, -0.05) is 35.9 Å². The molecule has 13 heterocycles. The van der Waals surface area contributed by atoms with Gasteiger partial charge in [0, 0.05) is 126 Å². The Morgan fingerprint density at radius 3 is 1.48 bits per heavy atom. The van der Waals surface area contributed by atoms with Gasteiger partial charge in [-0.3, -0.25) is 32.4 Å². The Morgan fingerprint density at radius 1 is 0.563 bits per heavy atom. The van der Waals surface area contributed by atoms with E-state index in [0.717, 1.165) is 152 Å². The van der Waals surface area contributed by atoms with Crippen LogP contribution in [0.4, 0.5) is 17.5 Å². The second-order valence-corrected chi connectivity index (χ2v) is 28.3. The average Bonchev–Trinajstić information content (AvgIpc) is 1.61. The van der Waals surface area contributed by atoms with Gasteiger partial charge in [0.05, 0.1) is 63.9 Å². The number of rotatable bonds is 11. The van der Waals surface area contributed by atoms with E-state index in [-0.39, 0.29) is 41.5 Å². The maximum atomic E-state index is 12.8. The third kappa shape index (κ3) is 12.7. The SMILES string of the molecule is CC(=O)Oc1cccc2[nH]c(-c3nc(C4CCN(C(=O)c5ccsc5)CC4)n4ccnc(N)c34)cc12.COC(=O)C1(C)CCC(c2nc(-c3cc4cccc(Cl)c4[nH]3)c3c(N)nccn23)CC1.COC(=O)c1cccc2[nH]c(-c3nc(C4CCN(C(=O)c5ccsc5)CC4)n4ccnc(N)c34)cc12. The molecule has 9 N–H and O–H groups in total. The summed E-state index contributed by atoms with van der Waals surface area (Å²) in [4.78, 5) is 104. The molecular weight excluding hydrogens is 1370 g/mol. The normalized spacial score (nSPS) is 16.7. The van der Waals surface area contributed by atoms with Crippen LogP contribution >= 0.6 is 34.3 Å². The minimum Gasteiger partial charge on any atom is -0.469 e. The van der Waals surface area contributed by atoms with Crippen LogP contribution < -0.4 is 21.9 Å². The lowest BCUT2D eigenvalue weighted by Gasteiger charge is -2.34. The zero-order valence-electron chi connectivity index (χ0n) is 56.7. The van der Waals surface area contributed by atoms with Crippen LogP contribution in [0.1, 0.15) is 132 Å². The molecule has 2 aliphatic heterocycles. The number of piperidine rings is 2. The Hall–Kier alpha value is -11.4. The molecule has 14 aromatic rings. The standard InChI is InChI=1S/2C26H24N6O3S.C23H24ClN5O2/c1-35-26(34)17-3-2-4-19-18(17)13-20(29-19)21-22-23(27)28-8-11-32(22)24(30-21)15-5-9-31(10-6-15)25(33)16-7-12-36-14-16;1-15(33)35-21-4-2-3-19-18(21)13-20(29-19)22-23-24(27)28-8-11-32(23)25(30-22)16-5-9-31(10-6-16)26(34)17-7-12-36-14-17;1-23(22(30)31-2)8-6-13(7-9-23)21-28-18(19-20(25)26-10-11-29(19)21)16-12-14-4-3-5-15(24)17(14)27-16/h2-4,7-8,11-15,29H,5-6,9-10H2,1H3,(H2,27,28);2-4,7-8,11-14,16,29H,5-6,9-10H2,1H3,(H2,27,28);3-5,10-13,27H,6-9H2,1-2H3,(H2,25,26). The highest BCUT2D eigenvalue weighted by Crippen LogP contribution is 2.46. The quantitative estimate of drug-likeness (QED) is 0.0517. The predicted molar refractivity (Wildman–Crippen MR) is 397 cm³/mol. The molecule has 11 aromatic heterocycles. The van der Waals surface area contributed by atoms with Crippen molar-refractivity contribution < 1.29 is 38.2 Å². The number of anilines is 3. The van der Waals surface area contributed by atoms with Crippen molar-refractivity contribution in [2.24, 2.45) is 5.41 Å². The molecule has 524 valence electrons. The Labute approximate surface area is 602 Å². The van der Waals surface area contributed by atoms with Crippen molar-refractivity contribution in [2.75, 3.05) is 57.6 Å². The summed E-state index contributed by atoms with van der Waals surface area (Å²) in [6.07, 6.45) is 17.2. The van der Waals surface area contributed by atoms with Crippen molar-refractivity contribution in [1.29, 1.82) is 0 Å². The van der Waals surface area contributed by atoms with E-state index in [0.29, 0.717) is 71.4 Å². The average molecular weight is 1440 g/mol. The third-order valence-electron chi connectivity index (χ3n) is 20.1. The van der Waals surface area contributed by atoms with Crippen LogP contribution in [0, 0.1) is 5.41 Å². The summed E-state index contributed by atoms with van der Waals surface area (Å²) < 4.78 is 21.4. The Bertz CT molecular complexity index is 5570. The Morgan fingerprint density at radius 2 is 1.02 bits per heavy atom. The summed E-state index contributed by atoms with van der Waals surface area (Å²) in [5.41, 5.74) is 29.7. The lowest BCUT2D eigenvalue weighted by molar-refractivity contribution is -0.153. The molecule has 103 heavy (non-hydrogen) atoms. The Balaban J connectivity index is 0.000000125. The summed E-state index contributed by atoms with van der Waals surface area (Å²) in [7, 11) is 2.83. The number of imidazole rings is 3. The van der Waals surface area contributed by atoms with Crippen molar-refractivity contribution in [3.05, 3.63) is 183 Å². The fourth-order valence-corrected chi connectivity index (χ4v) is 16.3. The number of esters is 3. The highest BCUT2D eigenvalue weighted by molar-refractivity contribution is 7.08. The molecule has 1 aliphatic carbocycles. The lowest BCUT2D eigenvalue weighted by atomic mass is 9.71. The molecule has 2 amide bonds. The van der Waals surface area contributed by atoms with E-state index in [1.54, 1.807) is 30.7 Å². The zero-order chi connectivity index (χ0) is 71.4. The number of amides is 2. The van der Waals surface area contributed by atoms with E-state index in [1.807, 2.05) is 143 Å². The molecule has 0 spiro atoms. The van der Waals surface area contributed by atoms with Gasteiger partial charge in [-0.05, 0) is 130 Å². The van der Waals surface area contributed by atoms with Crippen molar-refractivity contribution >= 4 is 131 Å². The molecule has 3 aliphatic rings. The van der Waals surface area contributed by atoms with Crippen LogP contribution in [0.15, 0.2) is 144 Å². The fourth-order valence-electron chi connectivity index (χ4n) is 14.8. The molecule has 2 saturated heterocycles. The van der Waals surface area contributed by atoms with Crippen LogP contribution in [0.5, 0.6) is 5.75 Å². The largest absolute Gasteiger partial charge is 0.469 e. The first-order chi connectivity index (χ1) is 49.9. The number of aromatic nitrogens is 12. The Kier molecular flexibility index (Phi) is 18.2. The molecule has 3 aromatic carbocycles. The highest BCUT2D eigenvalue weighted by Gasteiger charge is 2.41. The van der Waals surface area contributed by atoms with Crippen molar-refractivity contribution in [1.82, 2.24) is 67.9 Å². The first-order valence-corrected chi connectivity index (χ1v) is 36.1. The van der Waals surface area contributed by atoms with Crippen LogP contribution in [0.25, 0.3) is 83.4 Å². The molecule has 0 unspecified atom stereocenters. The summed E-state index contributed by atoms with van der Waals surface area (Å²) in [5.74, 6) is 4.20. The number of para-hydroxylation sites is 1. The number of ether oxygens (including phenoxy) is 3. The number of hydrogen-bond donors (Lipinski definition) is 6. The van der Waals surface area contributed by atoms with Gasteiger partial charge < -0.3 is 56.2 Å². The molecule has 28 heteroatoms. The van der Waals surface area contributed by atoms with Crippen molar-refractivity contribution in [3.63, 3.8) is 0 Å². The van der Waals surface area contributed by atoms with Crippen LogP contribution in [-0.2, 0) is 19.1 Å². The number of nitrogens with zero attached hydrogens (tertiary/aromatic N) is 11. The van der Waals surface area contributed by atoms with Crippen LogP contribution in [0.2, 0.25) is 5.02 Å². The number of H-pyrrole nitrogens is 3. The number of carbonyl (C=O) groups is 5. The van der Waals surface area contributed by atoms with E-state index >= 15 is 0 Å². The number of fused-ring (bicyclic) bond motifs is 6. The molecule has 25 nitrogen and oxygen atoms in total. The van der Waals surface area contributed by atoms with E-state index in [9.17, 15) is 24.0 Å². The third-order valence-corrected chi connectivity index (χ3v) is 21.8. The van der Waals surface area contributed by atoms with Gasteiger partial charge in [-0.25, -0.2) is 34.7 Å². The van der Waals surface area contributed by atoms with E-state index in [4.69, 9.17) is 58.0 Å². The smallest absolute Gasteiger partial charge is 0.338 e. The topological polar surface area (TPSA) is 336 Å². The number of likely N-dealkylation sites (tertiary alicyclic amines) is 2. The lowest BCUT2D eigenvalue weighted by Crippen LogP contribution is -2.38. The number of thiophene rings is 2. The number of nitrogens with two attached hydrogens (primary N) is 3. The predicted octanol–water partition coefficient (Wildman–Crippen LogP) is 13.7. The molecule has 0 atom stereocenters. The number of nitrogens with one attached hydrogen (secondary N) is 3. The first kappa shape index (κ1) is 67.4. The molecule has 0 radical (unpaired) electrons. The second kappa shape index (κ2) is 27.8. The molecule has 1 saturated carbocycles. The van der Waals surface area contributed by atoms with Gasteiger partial charge in [0.1, 0.15) is 74.3 Å². The summed E-state index contributed by atoms with van der Waals surface area (Å²) in [6, 6.07) is 26.4. The minimum absolute atomic E-state index is 0.0799. The first-order valence-electron chi connectivity index (χ1n) is 33.8. The maximum absolute atomic E-state index is 12.8. The number of nitrogen functional groups attached to an aromatic ring is 3. The number of benzene rings is 3. The van der Waals surface area contributed by atoms with Gasteiger partial charge in [0.2, 0.25) is 0 Å². The van der Waals surface area contributed by atoms with Gasteiger partial charge >= 0.3 is 17.9 Å². The zero-order valence-corrected chi connectivity index (χ0v) is 59.1. The molecular formula is C75H72ClN17O8S2. The van der Waals surface area contributed by atoms with Crippen molar-refractivity contribution in [2.45, 2.75) is 83.0 Å². The second-order valence-electron chi connectivity index (χ2n) is 26.4. The minimum atomic E-state index is -0.435. The number of carbonyl (C=O) groups excluding carboxylic acids is 5. The van der Waals surface area contributed by atoms with E-state index < -0.39 is 11.4 Å².